The molecular weight excluding hydrogens is 272 g/mol. The minimum atomic E-state index is 0.116. The van der Waals surface area contributed by atoms with Crippen molar-refractivity contribution in [3.8, 4) is 0 Å². The summed E-state index contributed by atoms with van der Waals surface area (Å²) in [5, 5.41) is 3.27. The summed E-state index contributed by atoms with van der Waals surface area (Å²) in [5.74, 6) is 1.73. The summed E-state index contributed by atoms with van der Waals surface area (Å²) in [6.07, 6.45) is 7.86. The lowest BCUT2D eigenvalue weighted by Gasteiger charge is -2.23. The summed E-state index contributed by atoms with van der Waals surface area (Å²) in [5.41, 5.74) is 2.13. The Morgan fingerprint density at radius 2 is 1.86 bits per heavy atom. The van der Waals surface area contributed by atoms with Crippen LogP contribution in [-0.2, 0) is 6.54 Å². The van der Waals surface area contributed by atoms with E-state index >= 15 is 0 Å². The van der Waals surface area contributed by atoms with Gasteiger partial charge in [-0.15, -0.1) is 0 Å². The number of benzene rings is 1. The first-order valence-electron chi connectivity index (χ1n) is 8.90. The third-order valence-electron chi connectivity index (χ3n) is 5.88. The topological polar surface area (TPSA) is 32.3 Å². The summed E-state index contributed by atoms with van der Waals surface area (Å²) in [4.78, 5) is 14.9. The van der Waals surface area contributed by atoms with E-state index in [9.17, 15) is 4.79 Å². The van der Waals surface area contributed by atoms with Gasteiger partial charge in [-0.05, 0) is 74.7 Å². The van der Waals surface area contributed by atoms with Gasteiger partial charge in [0.2, 0.25) is 0 Å². The number of likely N-dealkylation sites (tertiary alicyclic amines) is 1. The summed E-state index contributed by atoms with van der Waals surface area (Å²) >= 11 is 0. The Hall–Kier alpha value is -1.35. The van der Waals surface area contributed by atoms with Crippen LogP contribution >= 0.6 is 0 Å². The molecule has 2 aliphatic carbocycles. The molecule has 1 saturated heterocycles. The molecule has 118 valence electrons. The highest BCUT2D eigenvalue weighted by atomic mass is 16.1. The van der Waals surface area contributed by atoms with Gasteiger partial charge in [-0.3, -0.25) is 9.69 Å². The molecule has 3 nitrogen and oxygen atoms in total. The number of carbonyl (C=O) groups excluding carboxylic acids is 1. The third kappa shape index (κ3) is 2.91. The second kappa shape index (κ2) is 6.04. The average Bonchev–Trinajstić information content (AvgIpc) is 3.25. The van der Waals surface area contributed by atoms with Crippen LogP contribution < -0.4 is 5.32 Å². The van der Waals surface area contributed by atoms with Crippen molar-refractivity contribution in [1.29, 1.82) is 0 Å². The highest BCUT2D eigenvalue weighted by Gasteiger charge is 2.40. The monoisotopic (exact) mass is 298 g/mol. The highest BCUT2D eigenvalue weighted by molar-refractivity contribution is 5.94. The number of fused-ring (bicyclic) bond motifs is 2. The normalized spacial score (nSPS) is 30.8. The molecule has 1 aromatic rings. The zero-order valence-corrected chi connectivity index (χ0v) is 13.3. The molecule has 0 spiro atoms. The Labute approximate surface area is 133 Å². The molecule has 2 saturated carbocycles. The van der Waals surface area contributed by atoms with Crippen molar-refractivity contribution in [2.24, 2.45) is 11.8 Å². The van der Waals surface area contributed by atoms with Gasteiger partial charge in [0.05, 0.1) is 0 Å². The fourth-order valence-electron chi connectivity index (χ4n) is 4.63. The molecule has 0 aromatic heterocycles. The quantitative estimate of drug-likeness (QED) is 0.926. The van der Waals surface area contributed by atoms with Gasteiger partial charge in [-0.25, -0.2) is 0 Å². The molecule has 3 atom stereocenters. The minimum absolute atomic E-state index is 0.116. The van der Waals surface area contributed by atoms with E-state index in [0.717, 1.165) is 23.9 Å². The third-order valence-corrected chi connectivity index (χ3v) is 5.88. The molecule has 3 fully saturated rings. The second-order valence-electron chi connectivity index (χ2n) is 7.43. The molecule has 3 heteroatoms. The number of hydrogen-bond donors (Lipinski definition) is 1. The number of hydrogen-bond acceptors (Lipinski definition) is 2. The lowest BCUT2D eigenvalue weighted by molar-refractivity contribution is 0.0923. The lowest BCUT2D eigenvalue weighted by atomic mass is 9.95. The lowest BCUT2D eigenvalue weighted by Crippen LogP contribution is -2.38. The Morgan fingerprint density at radius 3 is 2.50 bits per heavy atom. The Balaban J connectivity index is 1.34. The van der Waals surface area contributed by atoms with E-state index in [-0.39, 0.29) is 5.91 Å². The second-order valence-corrected chi connectivity index (χ2v) is 7.43. The van der Waals surface area contributed by atoms with Crippen LogP contribution in [0.1, 0.15) is 54.4 Å². The molecule has 1 amide bonds. The van der Waals surface area contributed by atoms with Gasteiger partial charge >= 0.3 is 0 Å². The Kier molecular flexibility index (Phi) is 3.91. The molecule has 0 radical (unpaired) electrons. The molecule has 4 rings (SSSR count). The first-order chi connectivity index (χ1) is 10.8. The molecule has 1 heterocycles. The van der Waals surface area contributed by atoms with Crippen LogP contribution in [0.2, 0.25) is 0 Å². The van der Waals surface area contributed by atoms with Crippen molar-refractivity contribution < 1.29 is 4.79 Å². The van der Waals surface area contributed by atoms with E-state index in [1.165, 1.54) is 57.2 Å². The minimum Gasteiger partial charge on any atom is -0.349 e. The van der Waals surface area contributed by atoms with E-state index in [1.54, 1.807) is 0 Å². The van der Waals surface area contributed by atoms with E-state index in [1.807, 2.05) is 12.1 Å². The van der Waals surface area contributed by atoms with Gasteiger partial charge in [0.15, 0.2) is 0 Å². The van der Waals surface area contributed by atoms with Crippen LogP contribution in [0.5, 0.6) is 0 Å². The predicted molar refractivity (Wildman–Crippen MR) is 87.7 cm³/mol. The van der Waals surface area contributed by atoms with Gasteiger partial charge in [-0.2, -0.15) is 0 Å². The standard InChI is InChI=1S/C19H26N2O/c22-19(20-18-12-15-5-8-17(18)11-15)16-6-3-14(4-7-16)13-21-9-1-2-10-21/h3-4,6-7,15,17-18H,1-2,5,8-13H2,(H,20,22). The fraction of sp³-hybridized carbons (Fsp3) is 0.632. The van der Waals surface area contributed by atoms with Gasteiger partial charge in [-0.1, -0.05) is 18.6 Å². The average molecular weight is 298 g/mol. The van der Waals surface area contributed by atoms with Crippen LogP contribution in [0.4, 0.5) is 0 Å². The maximum Gasteiger partial charge on any atom is 0.251 e. The number of carbonyl (C=O) groups is 1. The molecular formula is C19H26N2O. The van der Waals surface area contributed by atoms with Crippen molar-refractivity contribution in [3.05, 3.63) is 35.4 Å². The van der Waals surface area contributed by atoms with Crippen molar-refractivity contribution in [3.63, 3.8) is 0 Å². The van der Waals surface area contributed by atoms with Crippen molar-refractivity contribution >= 4 is 5.91 Å². The van der Waals surface area contributed by atoms with Crippen LogP contribution in [0.3, 0.4) is 0 Å². The fourth-order valence-corrected chi connectivity index (χ4v) is 4.63. The molecule has 3 aliphatic rings. The zero-order chi connectivity index (χ0) is 14.9. The number of amides is 1. The molecule has 1 aliphatic heterocycles. The van der Waals surface area contributed by atoms with Crippen LogP contribution in [0.15, 0.2) is 24.3 Å². The van der Waals surface area contributed by atoms with Crippen LogP contribution in [0, 0.1) is 11.8 Å². The predicted octanol–water partition coefficient (Wildman–Crippen LogP) is 3.20. The molecule has 22 heavy (non-hydrogen) atoms. The Morgan fingerprint density at radius 1 is 1.09 bits per heavy atom. The van der Waals surface area contributed by atoms with Crippen LogP contribution in [0.25, 0.3) is 0 Å². The van der Waals surface area contributed by atoms with E-state index in [0.29, 0.717) is 6.04 Å². The van der Waals surface area contributed by atoms with Crippen molar-refractivity contribution in [2.45, 2.75) is 51.1 Å². The molecule has 2 bridgehead atoms. The largest absolute Gasteiger partial charge is 0.349 e. The number of nitrogens with zero attached hydrogens (tertiary/aromatic N) is 1. The Bertz CT molecular complexity index is 533. The first-order valence-corrected chi connectivity index (χ1v) is 8.90. The summed E-state index contributed by atoms with van der Waals surface area (Å²) in [6, 6.07) is 8.65. The number of nitrogens with one attached hydrogen (secondary N) is 1. The summed E-state index contributed by atoms with van der Waals surface area (Å²) in [6.45, 7) is 3.45. The van der Waals surface area contributed by atoms with E-state index in [4.69, 9.17) is 0 Å². The summed E-state index contributed by atoms with van der Waals surface area (Å²) < 4.78 is 0. The maximum atomic E-state index is 12.4. The van der Waals surface area contributed by atoms with Gasteiger partial charge in [0.25, 0.3) is 5.91 Å². The SMILES string of the molecule is O=C(NC1CC2CCC1C2)c1ccc(CN2CCCC2)cc1. The van der Waals surface area contributed by atoms with Gasteiger partial charge < -0.3 is 5.32 Å². The smallest absolute Gasteiger partial charge is 0.251 e. The van der Waals surface area contributed by atoms with E-state index in [2.05, 4.69) is 22.3 Å². The number of rotatable bonds is 4. The molecule has 1 aromatic carbocycles. The maximum absolute atomic E-state index is 12.4. The van der Waals surface area contributed by atoms with E-state index < -0.39 is 0 Å². The molecule has 1 N–H and O–H groups in total. The summed E-state index contributed by atoms with van der Waals surface area (Å²) in [7, 11) is 0. The van der Waals surface area contributed by atoms with Crippen molar-refractivity contribution in [1.82, 2.24) is 10.2 Å². The van der Waals surface area contributed by atoms with Crippen LogP contribution in [-0.4, -0.2) is 29.9 Å². The molecule has 3 unspecified atom stereocenters. The van der Waals surface area contributed by atoms with Gasteiger partial charge in [0.1, 0.15) is 0 Å². The first kappa shape index (κ1) is 14.3. The van der Waals surface area contributed by atoms with Gasteiger partial charge in [0, 0.05) is 18.2 Å². The van der Waals surface area contributed by atoms with Crippen molar-refractivity contribution in [2.75, 3.05) is 13.1 Å². The highest BCUT2D eigenvalue weighted by Crippen LogP contribution is 2.44. The zero-order valence-electron chi connectivity index (χ0n) is 13.3.